The Labute approximate surface area is 202 Å². The molecule has 3 N–H and O–H groups in total. The molecule has 7 nitrogen and oxygen atoms in total. The average Bonchev–Trinajstić information content (AvgIpc) is 3.17. The van der Waals surface area contributed by atoms with E-state index in [9.17, 15) is 18.0 Å². The van der Waals surface area contributed by atoms with E-state index >= 15 is 0 Å². The number of hydrogen-bond acceptors (Lipinski definition) is 5. The lowest BCUT2D eigenvalue weighted by Gasteiger charge is -2.32. The van der Waals surface area contributed by atoms with Crippen molar-refractivity contribution in [1.82, 2.24) is 25.8 Å². The minimum Gasteiger partial charge on any atom is -0.357 e. The van der Waals surface area contributed by atoms with Crippen LogP contribution >= 0.6 is 35.3 Å². The number of thiazole rings is 1. The highest BCUT2D eigenvalue weighted by Gasteiger charge is 2.33. The van der Waals surface area contributed by atoms with E-state index in [2.05, 4.69) is 30.8 Å². The fourth-order valence-electron chi connectivity index (χ4n) is 3.09. The van der Waals surface area contributed by atoms with Crippen LogP contribution < -0.4 is 16.0 Å². The van der Waals surface area contributed by atoms with Crippen molar-refractivity contribution in [2.24, 2.45) is 4.99 Å². The summed E-state index contributed by atoms with van der Waals surface area (Å²) >= 11 is 1.01. The molecule has 2 rings (SSSR count). The second kappa shape index (κ2) is 14.1. The zero-order chi connectivity index (χ0) is 22.0. The molecule has 178 valence electrons. The molecule has 1 amide bonds. The molecule has 0 unspecified atom stereocenters. The van der Waals surface area contributed by atoms with Crippen LogP contribution in [0.2, 0.25) is 0 Å². The third kappa shape index (κ3) is 10.3. The van der Waals surface area contributed by atoms with Crippen molar-refractivity contribution in [2.75, 3.05) is 39.3 Å². The summed E-state index contributed by atoms with van der Waals surface area (Å²) in [6.07, 6.45) is -1.32. The van der Waals surface area contributed by atoms with Crippen LogP contribution in [0.25, 0.3) is 0 Å². The normalized spacial score (nSPS) is 16.0. The molecule has 0 saturated carbocycles. The number of hydrogen-bond donors (Lipinski definition) is 3. The lowest BCUT2D eigenvalue weighted by Crippen LogP contribution is -2.50. The molecular formula is C19H32F3IN6OS. The largest absolute Gasteiger partial charge is 0.434 e. The van der Waals surface area contributed by atoms with Gasteiger partial charge in [0.15, 0.2) is 11.7 Å². The van der Waals surface area contributed by atoms with E-state index in [0.29, 0.717) is 43.6 Å². The maximum atomic E-state index is 12.6. The van der Waals surface area contributed by atoms with Gasteiger partial charge >= 0.3 is 6.18 Å². The minimum absolute atomic E-state index is 0. The number of likely N-dealkylation sites (tertiary alicyclic amines) is 1. The summed E-state index contributed by atoms with van der Waals surface area (Å²) in [6, 6.07) is 0.245. The molecule has 0 bridgehead atoms. The van der Waals surface area contributed by atoms with Crippen LogP contribution in [-0.4, -0.2) is 67.1 Å². The molecule has 12 heteroatoms. The highest BCUT2D eigenvalue weighted by atomic mass is 127. The minimum atomic E-state index is -4.40. The summed E-state index contributed by atoms with van der Waals surface area (Å²) in [7, 11) is 0. The van der Waals surface area contributed by atoms with Gasteiger partial charge in [-0.25, -0.2) is 4.98 Å². The van der Waals surface area contributed by atoms with E-state index in [4.69, 9.17) is 0 Å². The first-order valence-corrected chi connectivity index (χ1v) is 11.2. The van der Waals surface area contributed by atoms with E-state index in [1.165, 1.54) is 0 Å². The molecule has 1 aromatic rings. The van der Waals surface area contributed by atoms with Crippen LogP contribution in [0, 0.1) is 0 Å². The van der Waals surface area contributed by atoms with Gasteiger partial charge in [-0.15, -0.1) is 35.3 Å². The molecule has 1 saturated heterocycles. The third-order valence-corrected chi connectivity index (χ3v) is 5.56. The lowest BCUT2D eigenvalue weighted by molar-refractivity contribution is -0.140. The van der Waals surface area contributed by atoms with Crippen molar-refractivity contribution in [3.63, 3.8) is 0 Å². The number of carbonyl (C=O) groups is 1. The number of amides is 1. The van der Waals surface area contributed by atoms with Crippen LogP contribution in [0.15, 0.2) is 10.4 Å². The van der Waals surface area contributed by atoms with Gasteiger partial charge in [0.25, 0.3) is 0 Å². The summed E-state index contributed by atoms with van der Waals surface area (Å²) in [5, 5.41) is 10.9. The molecule has 0 spiro atoms. The number of piperidine rings is 1. The van der Waals surface area contributed by atoms with Crippen molar-refractivity contribution < 1.29 is 18.0 Å². The van der Waals surface area contributed by atoms with Gasteiger partial charge in [-0.1, -0.05) is 6.92 Å². The number of alkyl halides is 3. The summed E-state index contributed by atoms with van der Waals surface area (Å²) < 4.78 is 37.9. The number of rotatable bonds is 9. The first kappa shape index (κ1) is 27.9. The molecule has 0 aromatic carbocycles. The van der Waals surface area contributed by atoms with E-state index < -0.39 is 11.9 Å². The van der Waals surface area contributed by atoms with Gasteiger partial charge in [-0.2, -0.15) is 13.2 Å². The number of aliphatic imine (C=N–C) groups is 1. The van der Waals surface area contributed by atoms with Crippen LogP contribution in [-0.2, 0) is 17.4 Å². The fourth-order valence-corrected chi connectivity index (χ4v) is 3.89. The summed E-state index contributed by atoms with van der Waals surface area (Å²) in [6.45, 7) is 7.83. The summed E-state index contributed by atoms with van der Waals surface area (Å²) in [5.41, 5.74) is -0.841. The van der Waals surface area contributed by atoms with Gasteiger partial charge in [0.05, 0.1) is 11.6 Å². The van der Waals surface area contributed by atoms with Crippen molar-refractivity contribution in [3.8, 4) is 0 Å². The summed E-state index contributed by atoms with van der Waals surface area (Å²) in [4.78, 5) is 22.1. The first-order chi connectivity index (χ1) is 14.3. The summed E-state index contributed by atoms with van der Waals surface area (Å²) in [5.74, 6) is 0.721. The van der Waals surface area contributed by atoms with Crippen molar-refractivity contribution >= 4 is 47.2 Å². The monoisotopic (exact) mass is 576 g/mol. The molecule has 0 atom stereocenters. The van der Waals surface area contributed by atoms with E-state index in [1.807, 2.05) is 13.8 Å². The lowest BCUT2D eigenvalue weighted by atomic mass is 10.1. The molecular weight excluding hydrogens is 544 g/mol. The highest BCUT2D eigenvalue weighted by Crippen LogP contribution is 2.30. The second-order valence-corrected chi connectivity index (χ2v) is 8.12. The second-order valence-electron chi connectivity index (χ2n) is 7.18. The number of halogens is 4. The van der Waals surface area contributed by atoms with Crippen LogP contribution in [0.3, 0.4) is 0 Å². The standard InChI is InChI=1S/C19H31F3N6OS.HI/c1-3-8-24-16(29)12-28-10-6-14(7-11-28)26-18(23-4-2)25-9-5-17-27-15(13-30-17)19(20,21)22;/h13-14H,3-12H2,1-2H3,(H,24,29)(H2,23,25,26);1H. The van der Waals surface area contributed by atoms with Gasteiger partial charge in [0, 0.05) is 50.6 Å². The molecule has 0 radical (unpaired) electrons. The van der Waals surface area contributed by atoms with Crippen LogP contribution in [0.4, 0.5) is 13.2 Å². The van der Waals surface area contributed by atoms with Crippen molar-refractivity contribution in [3.05, 3.63) is 16.1 Å². The highest BCUT2D eigenvalue weighted by molar-refractivity contribution is 14.0. The van der Waals surface area contributed by atoms with E-state index in [1.54, 1.807) is 0 Å². The van der Waals surface area contributed by atoms with Gasteiger partial charge in [0.2, 0.25) is 5.91 Å². The molecule has 1 aromatic heterocycles. The van der Waals surface area contributed by atoms with Crippen LogP contribution in [0.1, 0.15) is 43.8 Å². The maximum absolute atomic E-state index is 12.6. The predicted octanol–water partition coefficient (Wildman–Crippen LogP) is 2.87. The Bertz CT molecular complexity index is 692. The Hall–Kier alpha value is -1.15. The van der Waals surface area contributed by atoms with Gasteiger partial charge in [-0.3, -0.25) is 14.7 Å². The topological polar surface area (TPSA) is 81.7 Å². The third-order valence-electron chi connectivity index (χ3n) is 4.65. The Balaban J connectivity index is 0.00000480. The number of nitrogens with one attached hydrogen (secondary N) is 3. The molecule has 0 aliphatic carbocycles. The molecule has 31 heavy (non-hydrogen) atoms. The Morgan fingerprint density at radius 1 is 1.29 bits per heavy atom. The zero-order valence-electron chi connectivity index (χ0n) is 17.9. The number of guanidine groups is 1. The predicted molar refractivity (Wildman–Crippen MR) is 128 cm³/mol. The SMILES string of the molecule is CCCNC(=O)CN1CCC(NC(=NCCc2nc(C(F)(F)F)cs2)NCC)CC1.I. The molecule has 1 aliphatic heterocycles. The molecule has 2 heterocycles. The molecule has 1 fully saturated rings. The smallest absolute Gasteiger partial charge is 0.357 e. The van der Waals surface area contributed by atoms with Gasteiger partial charge < -0.3 is 16.0 Å². The average molecular weight is 576 g/mol. The Morgan fingerprint density at radius 3 is 2.58 bits per heavy atom. The zero-order valence-corrected chi connectivity index (χ0v) is 21.1. The first-order valence-electron chi connectivity index (χ1n) is 10.4. The van der Waals surface area contributed by atoms with Gasteiger partial charge in [0.1, 0.15) is 0 Å². The van der Waals surface area contributed by atoms with Gasteiger partial charge in [-0.05, 0) is 26.2 Å². The number of carbonyl (C=O) groups excluding carboxylic acids is 1. The Morgan fingerprint density at radius 2 is 2.00 bits per heavy atom. The number of nitrogens with zero attached hydrogens (tertiary/aromatic N) is 3. The number of aromatic nitrogens is 1. The van der Waals surface area contributed by atoms with E-state index in [-0.39, 0.29) is 35.9 Å². The van der Waals surface area contributed by atoms with Crippen LogP contribution in [0.5, 0.6) is 0 Å². The molecule has 1 aliphatic rings. The van der Waals surface area contributed by atoms with E-state index in [0.717, 1.165) is 49.1 Å². The maximum Gasteiger partial charge on any atom is 0.434 e. The quantitative estimate of drug-likeness (QED) is 0.240. The Kier molecular flexibility index (Phi) is 12.7. The van der Waals surface area contributed by atoms with Crippen molar-refractivity contribution in [2.45, 2.75) is 51.7 Å². The fraction of sp³-hybridized carbons (Fsp3) is 0.737. The van der Waals surface area contributed by atoms with Crippen molar-refractivity contribution in [1.29, 1.82) is 0 Å².